The van der Waals surface area contributed by atoms with Crippen molar-refractivity contribution in [2.45, 2.75) is 6.04 Å². The summed E-state index contributed by atoms with van der Waals surface area (Å²) in [5.41, 5.74) is 1.08. The summed E-state index contributed by atoms with van der Waals surface area (Å²) < 4.78 is 24.9. The van der Waals surface area contributed by atoms with Gasteiger partial charge in [-0.3, -0.25) is 4.72 Å². The molecular weight excluding hydrogens is 204 g/mol. The number of hydrogen-bond acceptors (Lipinski definition) is 4. The largest absolute Gasteiger partial charge is 0.283 e. The van der Waals surface area contributed by atoms with E-state index in [0.29, 0.717) is 11.3 Å². The first-order valence-corrected chi connectivity index (χ1v) is 5.69. The van der Waals surface area contributed by atoms with Gasteiger partial charge in [0.2, 0.25) is 10.0 Å². The number of nitrogens with one attached hydrogen (secondary N) is 1. The van der Waals surface area contributed by atoms with Crippen LogP contribution in [0.2, 0.25) is 0 Å². The minimum atomic E-state index is -3.40. The van der Waals surface area contributed by atoms with Gasteiger partial charge in [0, 0.05) is 5.56 Å². The predicted octanol–water partition coefficient (Wildman–Crippen LogP) is 1.25. The van der Waals surface area contributed by atoms with E-state index in [9.17, 15) is 13.3 Å². The summed E-state index contributed by atoms with van der Waals surface area (Å²) in [4.78, 5) is 10.5. The van der Waals surface area contributed by atoms with Crippen LogP contribution >= 0.6 is 0 Å². The topological polar surface area (TPSA) is 75.6 Å². The van der Waals surface area contributed by atoms with Crippen LogP contribution in [-0.4, -0.2) is 14.2 Å². The van der Waals surface area contributed by atoms with Crippen LogP contribution in [-0.2, 0) is 10.0 Å². The maximum Gasteiger partial charge on any atom is 0.235 e. The fourth-order valence-corrected chi connectivity index (χ4v) is 2.73. The molecule has 0 spiro atoms. The number of anilines is 1. The molecule has 1 aliphatic rings. The lowest BCUT2D eigenvalue weighted by molar-refractivity contribution is 0.591. The summed E-state index contributed by atoms with van der Waals surface area (Å²) in [5, 5.41) is 2.82. The van der Waals surface area contributed by atoms with Gasteiger partial charge in [0.05, 0.1) is 11.4 Å². The third-order valence-corrected chi connectivity index (χ3v) is 3.38. The molecule has 1 aromatic rings. The molecule has 2 rings (SSSR count). The molecule has 0 fully saturated rings. The zero-order valence-corrected chi connectivity index (χ0v) is 7.99. The molecule has 0 aliphatic carbocycles. The van der Waals surface area contributed by atoms with Gasteiger partial charge in [-0.05, 0) is 6.07 Å². The molecule has 74 valence electrons. The third kappa shape index (κ3) is 1.48. The van der Waals surface area contributed by atoms with E-state index in [2.05, 4.69) is 9.90 Å². The minimum absolute atomic E-state index is 0.270. The van der Waals surface area contributed by atoms with Crippen LogP contribution < -0.4 is 4.72 Å². The van der Waals surface area contributed by atoms with Crippen LogP contribution in [0.15, 0.2) is 29.4 Å². The molecule has 5 nitrogen and oxygen atoms in total. The monoisotopic (exact) mass is 212 g/mol. The number of fused-ring (bicyclic) bond motifs is 1. The highest BCUT2D eigenvalue weighted by atomic mass is 32.2. The number of nitroso groups, excluding NO2 is 1. The molecule has 1 N–H and O–H groups in total. The van der Waals surface area contributed by atoms with Crippen molar-refractivity contribution in [1.82, 2.24) is 0 Å². The maximum absolute atomic E-state index is 11.3. The number of rotatable bonds is 1. The van der Waals surface area contributed by atoms with Crippen molar-refractivity contribution < 1.29 is 8.42 Å². The zero-order valence-electron chi connectivity index (χ0n) is 7.17. The van der Waals surface area contributed by atoms with Crippen molar-refractivity contribution in [2.75, 3.05) is 10.5 Å². The highest BCUT2D eigenvalue weighted by Crippen LogP contribution is 2.31. The molecular formula is C8H8N2O3S. The molecule has 0 radical (unpaired) electrons. The Morgan fingerprint density at radius 2 is 2.07 bits per heavy atom. The second-order valence-electron chi connectivity index (χ2n) is 3.09. The standard InChI is InChI=1S/C8H8N2O3S/c11-9-8-5-14(12,13)10-7-4-2-1-3-6(7)8/h1-4,8,10H,5H2. The van der Waals surface area contributed by atoms with Crippen LogP contribution in [0.5, 0.6) is 0 Å². The molecule has 0 saturated heterocycles. The van der Waals surface area contributed by atoms with Crippen molar-refractivity contribution in [1.29, 1.82) is 0 Å². The first-order valence-electron chi connectivity index (χ1n) is 4.04. The second kappa shape index (κ2) is 3.06. The van der Waals surface area contributed by atoms with Gasteiger partial charge >= 0.3 is 0 Å². The molecule has 0 aromatic heterocycles. The quantitative estimate of drug-likeness (QED) is 0.712. The number of hydrogen-bond donors (Lipinski definition) is 1. The molecule has 1 aromatic carbocycles. The van der Waals surface area contributed by atoms with Crippen molar-refractivity contribution in [3.05, 3.63) is 34.7 Å². The summed E-state index contributed by atoms with van der Waals surface area (Å²) in [6, 6.07) is 5.97. The summed E-state index contributed by atoms with van der Waals surface area (Å²) in [6.45, 7) is 0. The Hall–Kier alpha value is -1.43. The van der Waals surface area contributed by atoms with E-state index < -0.39 is 16.1 Å². The van der Waals surface area contributed by atoms with E-state index in [1.807, 2.05) is 0 Å². The summed E-state index contributed by atoms with van der Waals surface area (Å²) in [5.74, 6) is -0.270. The fraction of sp³-hybridized carbons (Fsp3) is 0.250. The zero-order chi connectivity index (χ0) is 10.2. The van der Waals surface area contributed by atoms with Gasteiger partial charge in [-0.15, -0.1) is 0 Å². The van der Waals surface area contributed by atoms with E-state index in [-0.39, 0.29) is 5.75 Å². The lowest BCUT2D eigenvalue weighted by Gasteiger charge is -2.21. The summed E-state index contributed by atoms with van der Waals surface area (Å²) in [6.07, 6.45) is 0. The van der Waals surface area contributed by atoms with E-state index in [4.69, 9.17) is 0 Å². The van der Waals surface area contributed by atoms with Gasteiger partial charge in [0.15, 0.2) is 0 Å². The average Bonchev–Trinajstić information content (AvgIpc) is 2.15. The second-order valence-corrected chi connectivity index (χ2v) is 4.86. The SMILES string of the molecule is O=NC1CS(=O)(=O)Nc2ccccc21. The van der Waals surface area contributed by atoms with Gasteiger partial charge < -0.3 is 0 Å². The van der Waals surface area contributed by atoms with Crippen molar-refractivity contribution in [3.8, 4) is 0 Å². The Bertz CT molecular complexity index is 469. The van der Waals surface area contributed by atoms with E-state index in [1.54, 1.807) is 24.3 Å². The minimum Gasteiger partial charge on any atom is -0.283 e. The fourth-order valence-electron chi connectivity index (χ4n) is 1.47. The number of benzene rings is 1. The highest BCUT2D eigenvalue weighted by molar-refractivity contribution is 7.92. The Balaban J connectivity index is 2.56. The van der Waals surface area contributed by atoms with Crippen LogP contribution in [0.3, 0.4) is 0 Å². The Morgan fingerprint density at radius 3 is 2.79 bits per heavy atom. The smallest absolute Gasteiger partial charge is 0.235 e. The first kappa shape index (κ1) is 9.14. The van der Waals surface area contributed by atoms with Crippen LogP contribution in [0, 0.1) is 4.91 Å². The molecule has 0 amide bonds. The maximum atomic E-state index is 11.3. The molecule has 1 heterocycles. The Labute approximate surface area is 81.2 Å². The van der Waals surface area contributed by atoms with Gasteiger partial charge in [-0.1, -0.05) is 23.4 Å². The van der Waals surface area contributed by atoms with Gasteiger partial charge in [0.25, 0.3) is 0 Å². The lowest BCUT2D eigenvalue weighted by atomic mass is 10.1. The summed E-state index contributed by atoms with van der Waals surface area (Å²) >= 11 is 0. The molecule has 1 atom stereocenters. The molecule has 0 bridgehead atoms. The average molecular weight is 212 g/mol. The van der Waals surface area contributed by atoms with Crippen molar-refractivity contribution in [3.63, 3.8) is 0 Å². The van der Waals surface area contributed by atoms with Gasteiger partial charge in [0.1, 0.15) is 6.04 Å². The van der Waals surface area contributed by atoms with Crippen molar-refractivity contribution >= 4 is 15.7 Å². The van der Waals surface area contributed by atoms with E-state index in [1.165, 1.54) is 0 Å². The molecule has 6 heteroatoms. The van der Waals surface area contributed by atoms with Crippen LogP contribution in [0.25, 0.3) is 0 Å². The van der Waals surface area contributed by atoms with Crippen LogP contribution in [0.1, 0.15) is 11.6 Å². The van der Waals surface area contributed by atoms with E-state index in [0.717, 1.165) is 0 Å². The third-order valence-electron chi connectivity index (χ3n) is 2.09. The molecule has 1 aliphatic heterocycles. The lowest BCUT2D eigenvalue weighted by Crippen LogP contribution is -2.26. The molecule has 14 heavy (non-hydrogen) atoms. The molecule has 1 unspecified atom stereocenters. The highest BCUT2D eigenvalue weighted by Gasteiger charge is 2.29. The molecule has 0 saturated carbocycles. The number of para-hydroxylation sites is 1. The number of sulfonamides is 1. The normalized spacial score (nSPS) is 23.3. The van der Waals surface area contributed by atoms with E-state index >= 15 is 0 Å². The van der Waals surface area contributed by atoms with Gasteiger partial charge in [-0.2, -0.15) is 4.91 Å². The first-order chi connectivity index (χ1) is 6.62. The predicted molar refractivity (Wildman–Crippen MR) is 52.4 cm³/mol. The van der Waals surface area contributed by atoms with Crippen LogP contribution in [0.4, 0.5) is 5.69 Å². The number of nitrogens with zero attached hydrogens (tertiary/aromatic N) is 1. The van der Waals surface area contributed by atoms with Gasteiger partial charge in [-0.25, -0.2) is 8.42 Å². The Morgan fingerprint density at radius 1 is 1.36 bits per heavy atom. The summed E-state index contributed by atoms with van der Waals surface area (Å²) in [7, 11) is -3.40. The van der Waals surface area contributed by atoms with Crippen molar-refractivity contribution in [2.24, 2.45) is 5.18 Å². The Kier molecular flexibility index (Phi) is 1.99.